The summed E-state index contributed by atoms with van der Waals surface area (Å²) >= 11 is 0. The molecule has 0 atom stereocenters. The van der Waals surface area contributed by atoms with E-state index in [0.717, 1.165) is 0 Å². The van der Waals surface area contributed by atoms with Crippen LogP contribution in [0.5, 0.6) is 0 Å². The van der Waals surface area contributed by atoms with Gasteiger partial charge in [0.25, 0.3) is 0 Å². The maximum Gasteiger partial charge on any atom is 0.187 e. The molecule has 2 rings (SSSR count). The summed E-state index contributed by atoms with van der Waals surface area (Å²) in [5, 5.41) is 0. The Morgan fingerprint density at radius 1 is 1.38 bits per heavy atom. The van der Waals surface area contributed by atoms with E-state index in [0.29, 0.717) is 43.9 Å². The zero-order valence-electron chi connectivity index (χ0n) is 9.24. The van der Waals surface area contributed by atoms with Gasteiger partial charge in [0, 0.05) is 25.9 Å². The van der Waals surface area contributed by atoms with E-state index in [1.807, 2.05) is 11.8 Å². The first kappa shape index (κ1) is 11.0. The van der Waals surface area contributed by atoms with Crippen LogP contribution in [-0.4, -0.2) is 28.8 Å². The van der Waals surface area contributed by atoms with Crippen LogP contribution in [0.3, 0.4) is 0 Å². The molecule has 2 heterocycles. The minimum absolute atomic E-state index is 0.237. The van der Waals surface area contributed by atoms with Gasteiger partial charge in [-0.15, -0.1) is 0 Å². The van der Waals surface area contributed by atoms with Gasteiger partial charge in [0.1, 0.15) is 12.1 Å². The maximum atomic E-state index is 13.9. The summed E-state index contributed by atoms with van der Waals surface area (Å²) in [6.45, 7) is 2.96. The third-order valence-electron chi connectivity index (χ3n) is 2.80. The van der Waals surface area contributed by atoms with E-state index in [-0.39, 0.29) is 11.6 Å². The van der Waals surface area contributed by atoms with Crippen molar-refractivity contribution >= 4 is 11.6 Å². The van der Waals surface area contributed by atoms with Gasteiger partial charge in [-0.3, -0.25) is 4.79 Å². The molecule has 1 fully saturated rings. The highest BCUT2D eigenvalue weighted by molar-refractivity contribution is 5.80. The first-order chi connectivity index (χ1) is 7.72. The van der Waals surface area contributed by atoms with Gasteiger partial charge in [-0.1, -0.05) is 6.92 Å². The van der Waals surface area contributed by atoms with Gasteiger partial charge < -0.3 is 4.90 Å². The molecule has 1 aliphatic rings. The molecule has 1 aromatic heterocycles. The smallest absolute Gasteiger partial charge is 0.187 e. The average Bonchev–Trinajstić information content (AvgIpc) is 2.31. The van der Waals surface area contributed by atoms with Crippen molar-refractivity contribution in [2.24, 2.45) is 0 Å². The summed E-state index contributed by atoms with van der Waals surface area (Å²) < 4.78 is 13.9. The normalized spacial score (nSPS) is 16.6. The van der Waals surface area contributed by atoms with Crippen molar-refractivity contribution < 1.29 is 9.18 Å². The van der Waals surface area contributed by atoms with Crippen molar-refractivity contribution in [3.8, 4) is 0 Å². The number of aryl methyl sites for hydroxylation is 1. The van der Waals surface area contributed by atoms with Crippen LogP contribution in [-0.2, 0) is 11.2 Å². The average molecular weight is 223 g/mol. The fraction of sp³-hybridized carbons (Fsp3) is 0.545. The molecule has 0 radical (unpaired) electrons. The molecule has 0 aromatic carbocycles. The van der Waals surface area contributed by atoms with Crippen molar-refractivity contribution in [1.82, 2.24) is 9.97 Å². The zero-order chi connectivity index (χ0) is 11.5. The van der Waals surface area contributed by atoms with Crippen LogP contribution in [0, 0.1) is 5.82 Å². The summed E-state index contributed by atoms with van der Waals surface area (Å²) in [7, 11) is 0. The van der Waals surface area contributed by atoms with Crippen molar-refractivity contribution in [3.05, 3.63) is 17.8 Å². The molecule has 0 saturated carbocycles. The Hall–Kier alpha value is -1.52. The number of hydrogen-bond acceptors (Lipinski definition) is 4. The van der Waals surface area contributed by atoms with Crippen LogP contribution in [0.2, 0.25) is 0 Å². The van der Waals surface area contributed by atoms with Gasteiger partial charge in [0.15, 0.2) is 11.6 Å². The molecular weight excluding hydrogens is 209 g/mol. The molecular formula is C11H14FN3O. The first-order valence-electron chi connectivity index (χ1n) is 5.48. The third kappa shape index (κ3) is 2.03. The van der Waals surface area contributed by atoms with Crippen LogP contribution in [0.25, 0.3) is 0 Å². The van der Waals surface area contributed by atoms with E-state index in [4.69, 9.17) is 0 Å². The summed E-state index contributed by atoms with van der Waals surface area (Å²) in [5.41, 5.74) is 0.432. The Morgan fingerprint density at radius 2 is 2.06 bits per heavy atom. The van der Waals surface area contributed by atoms with Gasteiger partial charge >= 0.3 is 0 Å². The van der Waals surface area contributed by atoms with E-state index in [1.165, 1.54) is 6.33 Å². The van der Waals surface area contributed by atoms with Crippen molar-refractivity contribution in [2.45, 2.75) is 26.2 Å². The van der Waals surface area contributed by atoms with Gasteiger partial charge in [0.2, 0.25) is 0 Å². The zero-order valence-corrected chi connectivity index (χ0v) is 9.24. The van der Waals surface area contributed by atoms with E-state index >= 15 is 0 Å². The van der Waals surface area contributed by atoms with Gasteiger partial charge in [-0.25, -0.2) is 14.4 Å². The van der Waals surface area contributed by atoms with E-state index in [1.54, 1.807) is 0 Å². The number of aromatic nitrogens is 2. The third-order valence-corrected chi connectivity index (χ3v) is 2.80. The number of halogens is 1. The van der Waals surface area contributed by atoms with Crippen LogP contribution < -0.4 is 4.90 Å². The first-order valence-corrected chi connectivity index (χ1v) is 5.48. The lowest BCUT2D eigenvalue weighted by Gasteiger charge is -2.27. The van der Waals surface area contributed by atoms with Crippen LogP contribution in [0.15, 0.2) is 6.33 Å². The maximum absolute atomic E-state index is 13.9. The Bertz CT molecular complexity index is 398. The standard InChI is InChI=1S/C11H14FN3O/c1-2-9-10(12)11(14-7-13-9)15-5-3-8(16)4-6-15/h7H,2-6H2,1H3. The van der Waals surface area contributed by atoms with Gasteiger partial charge in [-0.2, -0.15) is 0 Å². The number of piperidine rings is 1. The molecule has 0 N–H and O–H groups in total. The molecule has 0 bridgehead atoms. The molecule has 0 amide bonds. The minimum atomic E-state index is -0.348. The van der Waals surface area contributed by atoms with E-state index < -0.39 is 0 Å². The van der Waals surface area contributed by atoms with E-state index in [9.17, 15) is 9.18 Å². The molecule has 86 valence electrons. The Labute approximate surface area is 93.5 Å². The van der Waals surface area contributed by atoms with E-state index in [2.05, 4.69) is 9.97 Å². The van der Waals surface area contributed by atoms with Crippen LogP contribution in [0.4, 0.5) is 10.2 Å². The summed E-state index contributed by atoms with van der Waals surface area (Å²) in [6, 6.07) is 0. The lowest BCUT2D eigenvalue weighted by atomic mass is 10.1. The highest BCUT2D eigenvalue weighted by atomic mass is 19.1. The molecule has 1 aliphatic heterocycles. The number of Topliss-reactive ketones (excluding diaryl/α,β-unsaturated/α-hetero) is 1. The molecule has 1 aromatic rings. The topological polar surface area (TPSA) is 46.1 Å². The van der Waals surface area contributed by atoms with Crippen LogP contribution >= 0.6 is 0 Å². The molecule has 0 unspecified atom stereocenters. The van der Waals surface area contributed by atoms with Crippen molar-refractivity contribution in [3.63, 3.8) is 0 Å². The quantitative estimate of drug-likeness (QED) is 0.759. The number of nitrogens with zero attached hydrogens (tertiary/aromatic N) is 3. The highest BCUT2D eigenvalue weighted by Crippen LogP contribution is 2.20. The SMILES string of the molecule is CCc1ncnc(N2CCC(=O)CC2)c1F. The highest BCUT2D eigenvalue weighted by Gasteiger charge is 2.21. The Morgan fingerprint density at radius 3 is 2.69 bits per heavy atom. The monoisotopic (exact) mass is 223 g/mol. The summed E-state index contributed by atoms with van der Waals surface area (Å²) in [4.78, 5) is 20.8. The van der Waals surface area contributed by atoms with Gasteiger partial charge in [0.05, 0.1) is 5.69 Å². The fourth-order valence-corrected chi connectivity index (χ4v) is 1.83. The number of carbonyl (C=O) groups is 1. The molecule has 4 nitrogen and oxygen atoms in total. The molecule has 0 aliphatic carbocycles. The molecule has 0 spiro atoms. The number of ketones is 1. The van der Waals surface area contributed by atoms with Crippen molar-refractivity contribution in [1.29, 1.82) is 0 Å². The second kappa shape index (κ2) is 4.55. The minimum Gasteiger partial charge on any atom is -0.353 e. The Balaban J connectivity index is 2.23. The number of carbonyl (C=O) groups excluding carboxylic acids is 1. The predicted octanol–water partition coefficient (Wildman–Crippen LogP) is 1.35. The number of rotatable bonds is 2. The predicted molar refractivity (Wildman–Crippen MR) is 57.8 cm³/mol. The number of hydrogen-bond donors (Lipinski definition) is 0. The second-order valence-corrected chi connectivity index (χ2v) is 3.84. The largest absolute Gasteiger partial charge is 0.353 e. The number of anilines is 1. The van der Waals surface area contributed by atoms with Crippen molar-refractivity contribution in [2.75, 3.05) is 18.0 Å². The van der Waals surface area contributed by atoms with Gasteiger partial charge in [-0.05, 0) is 6.42 Å². The fourth-order valence-electron chi connectivity index (χ4n) is 1.83. The van der Waals surface area contributed by atoms with Crippen LogP contribution in [0.1, 0.15) is 25.5 Å². The lowest BCUT2D eigenvalue weighted by Crippen LogP contribution is -2.35. The summed E-state index contributed by atoms with van der Waals surface area (Å²) in [6.07, 6.45) is 2.89. The molecule has 16 heavy (non-hydrogen) atoms. The summed E-state index contributed by atoms with van der Waals surface area (Å²) in [5.74, 6) is 0.222. The lowest BCUT2D eigenvalue weighted by molar-refractivity contribution is -0.119. The Kier molecular flexibility index (Phi) is 3.12. The molecule has 1 saturated heterocycles. The second-order valence-electron chi connectivity index (χ2n) is 3.84. The molecule has 5 heteroatoms.